The van der Waals surface area contributed by atoms with Crippen LogP contribution in [0.3, 0.4) is 0 Å². The summed E-state index contributed by atoms with van der Waals surface area (Å²) in [7, 11) is 0. The molecule has 20 heavy (non-hydrogen) atoms. The fraction of sp³-hybridized carbons (Fsp3) is 0.571. The van der Waals surface area contributed by atoms with Crippen molar-refractivity contribution in [3.05, 3.63) is 35.9 Å². The third-order valence-electron chi connectivity index (χ3n) is 3.75. The van der Waals surface area contributed by atoms with Gasteiger partial charge in [0.05, 0.1) is 18.8 Å². The molecule has 1 N–H and O–H groups in total. The van der Waals surface area contributed by atoms with E-state index in [9.17, 15) is 18.3 Å². The van der Waals surface area contributed by atoms with Crippen molar-refractivity contribution < 1.29 is 23.0 Å². The maximum atomic E-state index is 12.6. The van der Waals surface area contributed by atoms with E-state index in [0.29, 0.717) is 19.8 Å². The van der Waals surface area contributed by atoms with E-state index in [0.717, 1.165) is 5.56 Å². The quantitative estimate of drug-likeness (QED) is 0.925. The first kappa shape index (κ1) is 15.3. The molecule has 3 nitrogen and oxygen atoms in total. The Bertz CT molecular complexity index is 438. The number of nitrogens with zero attached hydrogens (tertiary/aromatic N) is 1. The van der Waals surface area contributed by atoms with Gasteiger partial charge in [-0.1, -0.05) is 30.3 Å². The molecule has 0 aliphatic carbocycles. The highest BCUT2D eigenvalue weighted by Gasteiger charge is 2.44. The SMILES string of the molecule is CC1(c2ccccc2)COCCN1CC(O)C(F)(F)F. The number of aliphatic hydroxyl groups excluding tert-OH is 1. The normalized spacial score (nSPS) is 26.4. The topological polar surface area (TPSA) is 32.7 Å². The third kappa shape index (κ3) is 3.13. The van der Waals surface area contributed by atoms with E-state index in [1.54, 1.807) is 4.90 Å². The molecule has 1 saturated heterocycles. The molecule has 0 aromatic heterocycles. The average Bonchev–Trinajstić information content (AvgIpc) is 2.41. The Kier molecular flexibility index (Phi) is 4.36. The molecule has 0 amide bonds. The Morgan fingerprint density at radius 3 is 2.60 bits per heavy atom. The maximum absolute atomic E-state index is 12.6. The summed E-state index contributed by atoms with van der Waals surface area (Å²) in [6, 6.07) is 9.26. The van der Waals surface area contributed by atoms with Crippen molar-refractivity contribution in [2.75, 3.05) is 26.3 Å². The van der Waals surface area contributed by atoms with Crippen molar-refractivity contribution in [3.8, 4) is 0 Å². The maximum Gasteiger partial charge on any atom is 0.415 e. The van der Waals surface area contributed by atoms with Gasteiger partial charge in [-0.05, 0) is 12.5 Å². The predicted molar refractivity (Wildman–Crippen MR) is 68.2 cm³/mol. The molecule has 2 unspecified atom stereocenters. The van der Waals surface area contributed by atoms with Crippen LogP contribution in [0.2, 0.25) is 0 Å². The van der Waals surface area contributed by atoms with E-state index in [1.807, 2.05) is 37.3 Å². The Labute approximate surface area is 116 Å². The molecule has 1 fully saturated rings. The first-order chi connectivity index (χ1) is 9.34. The molecule has 0 spiro atoms. The number of alkyl halides is 3. The zero-order chi connectivity index (χ0) is 14.8. The van der Waals surface area contributed by atoms with Gasteiger partial charge < -0.3 is 9.84 Å². The summed E-state index contributed by atoms with van der Waals surface area (Å²) in [5.74, 6) is 0. The number of rotatable bonds is 3. The Balaban J connectivity index is 2.21. The highest BCUT2D eigenvalue weighted by atomic mass is 19.4. The molecule has 0 radical (unpaired) electrons. The van der Waals surface area contributed by atoms with Crippen LogP contribution in [-0.4, -0.2) is 48.6 Å². The van der Waals surface area contributed by atoms with Gasteiger partial charge in [0, 0.05) is 13.1 Å². The van der Waals surface area contributed by atoms with Crippen LogP contribution in [0, 0.1) is 0 Å². The molecule has 6 heteroatoms. The molecule has 112 valence electrons. The van der Waals surface area contributed by atoms with Gasteiger partial charge in [-0.25, -0.2) is 0 Å². The molecule has 1 aromatic carbocycles. The summed E-state index contributed by atoms with van der Waals surface area (Å²) in [4.78, 5) is 1.64. The van der Waals surface area contributed by atoms with Gasteiger partial charge in [-0.15, -0.1) is 0 Å². The second-order valence-corrected chi connectivity index (χ2v) is 5.20. The summed E-state index contributed by atoms with van der Waals surface area (Å²) in [6.07, 6.45) is -6.95. The van der Waals surface area contributed by atoms with Crippen molar-refractivity contribution in [1.82, 2.24) is 4.90 Å². The van der Waals surface area contributed by atoms with Crippen LogP contribution < -0.4 is 0 Å². The lowest BCUT2D eigenvalue weighted by atomic mass is 9.89. The second-order valence-electron chi connectivity index (χ2n) is 5.20. The van der Waals surface area contributed by atoms with Crippen LogP contribution in [-0.2, 0) is 10.3 Å². The third-order valence-corrected chi connectivity index (χ3v) is 3.75. The Hall–Kier alpha value is -1.11. The van der Waals surface area contributed by atoms with Crippen molar-refractivity contribution in [1.29, 1.82) is 0 Å². The minimum atomic E-state index is -4.60. The summed E-state index contributed by atoms with van der Waals surface area (Å²) in [5.41, 5.74) is 0.222. The number of benzene rings is 1. The number of aliphatic hydroxyl groups is 1. The number of ether oxygens (including phenoxy) is 1. The molecule has 2 rings (SSSR count). The van der Waals surface area contributed by atoms with Crippen LogP contribution >= 0.6 is 0 Å². The number of hydrogen-bond acceptors (Lipinski definition) is 3. The second kappa shape index (κ2) is 5.71. The van der Waals surface area contributed by atoms with Crippen LogP contribution in [0.1, 0.15) is 12.5 Å². The van der Waals surface area contributed by atoms with E-state index >= 15 is 0 Å². The van der Waals surface area contributed by atoms with Crippen molar-refractivity contribution in [2.45, 2.75) is 24.7 Å². The van der Waals surface area contributed by atoms with Crippen LogP contribution in [0.4, 0.5) is 13.2 Å². The van der Waals surface area contributed by atoms with E-state index in [1.165, 1.54) is 0 Å². The van der Waals surface area contributed by atoms with Gasteiger partial charge in [0.25, 0.3) is 0 Å². The largest absolute Gasteiger partial charge is 0.415 e. The molecule has 1 heterocycles. The lowest BCUT2D eigenvalue weighted by Crippen LogP contribution is -2.56. The molecule has 0 saturated carbocycles. The van der Waals surface area contributed by atoms with Gasteiger partial charge in [0.2, 0.25) is 0 Å². The molecular weight excluding hydrogens is 271 g/mol. The van der Waals surface area contributed by atoms with Crippen LogP contribution in [0.5, 0.6) is 0 Å². The minimum Gasteiger partial charge on any atom is -0.382 e. The fourth-order valence-corrected chi connectivity index (χ4v) is 2.45. The predicted octanol–water partition coefficient (Wildman–Crippen LogP) is 2.16. The molecule has 2 atom stereocenters. The minimum absolute atomic E-state index is 0.307. The lowest BCUT2D eigenvalue weighted by Gasteiger charge is -2.45. The smallest absolute Gasteiger partial charge is 0.382 e. The van der Waals surface area contributed by atoms with Crippen molar-refractivity contribution in [3.63, 3.8) is 0 Å². The van der Waals surface area contributed by atoms with Crippen LogP contribution in [0.15, 0.2) is 30.3 Å². The Morgan fingerprint density at radius 2 is 2.00 bits per heavy atom. The average molecular weight is 289 g/mol. The van der Waals surface area contributed by atoms with Gasteiger partial charge in [0.15, 0.2) is 6.10 Å². The number of β-amino-alcohol motifs (C(OH)–C–C–N with tert-alkyl or cyclic N) is 1. The summed E-state index contributed by atoms with van der Waals surface area (Å²) in [5, 5.41) is 9.31. The molecule has 1 aliphatic heterocycles. The number of hydrogen-bond donors (Lipinski definition) is 1. The van der Waals surface area contributed by atoms with Crippen LogP contribution in [0.25, 0.3) is 0 Å². The van der Waals surface area contributed by atoms with Gasteiger partial charge in [-0.3, -0.25) is 4.90 Å². The zero-order valence-electron chi connectivity index (χ0n) is 11.2. The van der Waals surface area contributed by atoms with E-state index < -0.39 is 24.4 Å². The first-order valence-electron chi connectivity index (χ1n) is 6.47. The number of halogens is 3. The van der Waals surface area contributed by atoms with Gasteiger partial charge >= 0.3 is 6.18 Å². The molecule has 1 aliphatic rings. The van der Waals surface area contributed by atoms with E-state index in [-0.39, 0.29) is 0 Å². The molecule has 0 bridgehead atoms. The van der Waals surface area contributed by atoms with Gasteiger partial charge in [0.1, 0.15) is 0 Å². The van der Waals surface area contributed by atoms with Crippen molar-refractivity contribution in [2.24, 2.45) is 0 Å². The summed E-state index contributed by atoms with van der Waals surface area (Å²) in [6.45, 7) is 2.43. The standard InChI is InChI=1S/C14H18F3NO2/c1-13(11-5-3-2-4-6-11)10-20-8-7-18(13)9-12(19)14(15,16)17/h2-6,12,19H,7-10H2,1H3. The highest BCUT2D eigenvalue weighted by Crippen LogP contribution is 2.33. The van der Waals surface area contributed by atoms with E-state index in [2.05, 4.69) is 0 Å². The Morgan fingerprint density at radius 1 is 1.35 bits per heavy atom. The number of morpholine rings is 1. The fourth-order valence-electron chi connectivity index (χ4n) is 2.45. The molecular formula is C14H18F3NO2. The summed E-state index contributed by atoms with van der Waals surface area (Å²) >= 11 is 0. The monoisotopic (exact) mass is 289 g/mol. The lowest BCUT2D eigenvalue weighted by molar-refractivity contribution is -0.216. The molecule has 1 aromatic rings. The van der Waals surface area contributed by atoms with Gasteiger partial charge in [-0.2, -0.15) is 13.2 Å². The van der Waals surface area contributed by atoms with Crippen molar-refractivity contribution >= 4 is 0 Å². The highest BCUT2D eigenvalue weighted by molar-refractivity contribution is 5.24. The zero-order valence-corrected chi connectivity index (χ0v) is 11.2. The van der Waals surface area contributed by atoms with E-state index in [4.69, 9.17) is 4.74 Å². The first-order valence-corrected chi connectivity index (χ1v) is 6.47. The summed E-state index contributed by atoms with van der Waals surface area (Å²) < 4.78 is 43.1.